The highest BCUT2D eigenvalue weighted by Gasteiger charge is 2.05. The van der Waals surface area contributed by atoms with Crippen LogP contribution in [0.4, 0.5) is 0 Å². The van der Waals surface area contributed by atoms with Crippen LogP contribution in [0.5, 0.6) is 5.75 Å². The van der Waals surface area contributed by atoms with Gasteiger partial charge in [0.15, 0.2) is 0 Å². The summed E-state index contributed by atoms with van der Waals surface area (Å²) in [6, 6.07) is 13.3. The third-order valence-electron chi connectivity index (χ3n) is 2.99. The Morgan fingerprint density at radius 1 is 1.16 bits per heavy atom. The Labute approximate surface area is 118 Å². The second kappa shape index (κ2) is 6.09. The molecule has 2 aromatic rings. The van der Waals surface area contributed by atoms with Crippen molar-refractivity contribution in [1.82, 2.24) is 0 Å². The Hall–Kier alpha value is -1.51. The minimum Gasteiger partial charge on any atom is -0.489 e. The van der Waals surface area contributed by atoms with Crippen molar-refractivity contribution in [3.05, 3.63) is 64.2 Å². The van der Waals surface area contributed by atoms with Crippen molar-refractivity contribution in [3.63, 3.8) is 0 Å². The average molecular weight is 277 g/mol. The Bertz CT molecular complexity index is 547. The van der Waals surface area contributed by atoms with E-state index in [0.717, 1.165) is 27.5 Å². The topological polar surface area (TPSA) is 29.5 Å². The largest absolute Gasteiger partial charge is 0.489 e. The van der Waals surface area contributed by atoms with E-state index in [1.807, 2.05) is 49.4 Å². The predicted octanol–water partition coefficient (Wildman–Crippen LogP) is 4.28. The fourth-order valence-corrected chi connectivity index (χ4v) is 1.96. The summed E-state index contributed by atoms with van der Waals surface area (Å²) in [7, 11) is 0. The first kappa shape index (κ1) is 13.9. The molecule has 0 aromatic heterocycles. The molecule has 0 saturated heterocycles. The Morgan fingerprint density at radius 3 is 2.42 bits per heavy atom. The summed E-state index contributed by atoms with van der Waals surface area (Å²) in [5, 5.41) is 10.2. The molecule has 19 heavy (non-hydrogen) atoms. The number of benzene rings is 2. The lowest BCUT2D eigenvalue weighted by Gasteiger charge is -2.12. The Balaban J connectivity index is 2.05. The van der Waals surface area contributed by atoms with Crippen LogP contribution in [0.1, 0.15) is 29.7 Å². The van der Waals surface area contributed by atoms with Crippen LogP contribution in [0.25, 0.3) is 0 Å². The SMILES string of the molecule is Cc1cc(C(C)O)ccc1OCc1ccc(Cl)cc1. The third-order valence-corrected chi connectivity index (χ3v) is 3.24. The summed E-state index contributed by atoms with van der Waals surface area (Å²) in [5.74, 6) is 0.833. The molecule has 1 atom stereocenters. The average Bonchev–Trinajstić information content (AvgIpc) is 2.39. The molecule has 0 fully saturated rings. The van der Waals surface area contributed by atoms with E-state index in [0.29, 0.717) is 6.61 Å². The van der Waals surface area contributed by atoms with Gasteiger partial charge in [-0.3, -0.25) is 0 Å². The summed E-state index contributed by atoms with van der Waals surface area (Å²) in [6.45, 7) is 4.23. The molecule has 0 saturated carbocycles. The maximum absolute atomic E-state index is 9.52. The van der Waals surface area contributed by atoms with Crippen LogP contribution in [0.15, 0.2) is 42.5 Å². The minimum atomic E-state index is -0.455. The summed E-state index contributed by atoms with van der Waals surface area (Å²) in [6.07, 6.45) is -0.455. The van der Waals surface area contributed by atoms with Crippen LogP contribution in [-0.4, -0.2) is 5.11 Å². The molecule has 0 radical (unpaired) electrons. The molecule has 0 aliphatic rings. The van der Waals surface area contributed by atoms with Gasteiger partial charge in [-0.2, -0.15) is 0 Å². The molecule has 1 N–H and O–H groups in total. The van der Waals surface area contributed by atoms with Gasteiger partial charge in [-0.15, -0.1) is 0 Å². The van der Waals surface area contributed by atoms with Gasteiger partial charge in [0, 0.05) is 5.02 Å². The quantitative estimate of drug-likeness (QED) is 0.903. The standard InChI is InChI=1S/C16H17ClO2/c1-11-9-14(12(2)18)5-8-16(11)19-10-13-3-6-15(17)7-4-13/h3-9,12,18H,10H2,1-2H3. The number of rotatable bonds is 4. The summed E-state index contributed by atoms with van der Waals surface area (Å²) in [5.41, 5.74) is 2.99. The summed E-state index contributed by atoms with van der Waals surface area (Å²) < 4.78 is 5.77. The van der Waals surface area contributed by atoms with E-state index in [1.54, 1.807) is 6.92 Å². The van der Waals surface area contributed by atoms with Crippen molar-refractivity contribution in [2.45, 2.75) is 26.6 Å². The molecule has 0 spiro atoms. The Kier molecular flexibility index (Phi) is 4.46. The van der Waals surface area contributed by atoms with Gasteiger partial charge in [0.25, 0.3) is 0 Å². The molecule has 0 aliphatic heterocycles. The number of ether oxygens (including phenoxy) is 1. The summed E-state index contributed by atoms with van der Waals surface area (Å²) >= 11 is 5.84. The third kappa shape index (κ3) is 3.72. The molecule has 0 amide bonds. The van der Waals surface area contributed by atoms with Gasteiger partial charge in [0.05, 0.1) is 6.10 Å². The van der Waals surface area contributed by atoms with Crippen LogP contribution >= 0.6 is 11.6 Å². The zero-order valence-corrected chi connectivity index (χ0v) is 11.8. The van der Waals surface area contributed by atoms with Crippen molar-refractivity contribution in [3.8, 4) is 5.75 Å². The minimum absolute atomic E-state index is 0.455. The van der Waals surface area contributed by atoms with Crippen molar-refractivity contribution < 1.29 is 9.84 Å². The van der Waals surface area contributed by atoms with Gasteiger partial charge in [-0.1, -0.05) is 29.8 Å². The second-order valence-corrected chi connectivity index (χ2v) is 5.05. The van der Waals surface area contributed by atoms with E-state index in [4.69, 9.17) is 16.3 Å². The molecular formula is C16H17ClO2. The molecular weight excluding hydrogens is 260 g/mol. The van der Waals surface area contributed by atoms with Crippen LogP contribution in [-0.2, 0) is 6.61 Å². The molecule has 100 valence electrons. The molecule has 1 unspecified atom stereocenters. The maximum Gasteiger partial charge on any atom is 0.122 e. The lowest BCUT2D eigenvalue weighted by Crippen LogP contribution is -1.98. The highest BCUT2D eigenvalue weighted by molar-refractivity contribution is 6.30. The van der Waals surface area contributed by atoms with E-state index in [9.17, 15) is 5.11 Å². The van der Waals surface area contributed by atoms with E-state index in [2.05, 4.69) is 0 Å². The predicted molar refractivity (Wildman–Crippen MR) is 77.6 cm³/mol. The molecule has 3 heteroatoms. The fourth-order valence-electron chi connectivity index (χ4n) is 1.84. The van der Waals surface area contributed by atoms with Gasteiger partial charge in [0.2, 0.25) is 0 Å². The van der Waals surface area contributed by atoms with Gasteiger partial charge < -0.3 is 9.84 Å². The van der Waals surface area contributed by atoms with Crippen LogP contribution in [0.2, 0.25) is 5.02 Å². The number of aliphatic hydroxyl groups is 1. The van der Waals surface area contributed by atoms with E-state index in [-0.39, 0.29) is 0 Å². The first-order chi connectivity index (χ1) is 9.06. The number of aliphatic hydroxyl groups excluding tert-OH is 1. The van der Waals surface area contributed by atoms with Crippen molar-refractivity contribution in [2.75, 3.05) is 0 Å². The van der Waals surface area contributed by atoms with Crippen LogP contribution in [0.3, 0.4) is 0 Å². The zero-order valence-electron chi connectivity index (χ0n) is 11.1. The molecule has 0 heterocycles. The molecule has 2 aromatic carbocycles. The van der Waals surface area contributed by atoms with Crippen LogP contribution in [0, 0.1) is 6.92 Å². The highest BCUT2D eigenvalue weighted by Crippen LogP contribution is 2.23. The second-order valence-electron chi connectivity index (χ2n) is 4.62. The molecule has 2 nitrogen and oxygen atoms in total. The normalized spacial score (nSPS) is 12.2. The van der Waals surface area contributed by atoms with Crippen LogP contribution < -0.4 is 4.74 Å². The van der Waals surface area contributed by atoms with E-state index < -0.39 is 6.10 Å². The lowest BCUT2D eigenvalue weighted by atomic mass is 10.1. The highest BCUT2D eigenvalue weighted by atomic mass is 35.5. The molecule has 0 aliphatic carbocycles. The van der Waals surface area contributed by atoms with Gasteiger partial charge in [-0.05, 0) is 54.8 Å². The van der Waals surface area contributed by atoms with Gasteiger partial charge in [-0.25, -0.2) is 0 Å². The number of hydrogen-bond donors (Lipinski definition) is 1. The van der Waals surface area contributed by atoms with Gasteiger partial charge in [0.1, 0.15) is 12.4 Å². The zero-order chi connectivity index (χ0) is 13.8. The number of halogens is 1. The van der Waals surface area contributed by atoms with E-state index in [1.165, 1.54) is 0 Å². The first-order valence-corrected chi connectivity index (χ1v) is 6.60. The maximum atomic E-state index is 9.52. The summed E-state index contributed by atoms with van der Waals surface area (Å²) in [4.78, 5) is 0. The fraction of sp³-hybridized carbons (Fsp3) is 0.250. The monoisotopic (exact) mass is 276 g/mol. The lowest BCUT2D eigenvalue weighted by molar-refractivity contribution is 0.199. The molecule has 2 rings (SSSR count). The van der Waals surface area contributed by atoms with Crippen molar-refractivity contribution in [2.24, 2.45) is 0 Å². The molecule has 0 bridgehead atoms. The smallest absolute Gasteiger partial charge is 0.122 e. The van der Waals surface area contributed by atoms with Crippen molar-refractivity contribution >= 4 is 11.6 Å². The number of aryl methyl sites for hydroxylation is 1. The van der Waals surface area contributed by atoms with Crippen molar-refractivity contribution in [1.29, 1.82) is 0 Å². The Morgan fingerprint density at radius 2 is 1.84 bits per heavy atom. The van der Waals surface area contributed by atoms with E-state index >= 15 is 0 Å². The van der Waals surface area contributed by atoms with Gasteiger partial charge >= 0.3 is 0 Å². The first-order valence-electron chi connectivity index (χ1n) is 6.22. The number of hydrogen-bond acceptors (Lipinski definition) is 2.